The van der Waals surface area contributed by atoms with Gasteiger partial charge in [0.15, 0.2) is 0 Å². The van der Waals surface area contributed by atoms with E-state index in [-0.39, 0.29) is 11.7 Å². The number of rotatable bonds is 4. The van der Waals surface area contributed by atoms with Crippen LogP contribution >= 0.6 is 0 Å². The Bertz CT molecular complexity index is 641. The van der Waals surface area contributed by atoms with Crippen molar-refractivity contribution in [3.63, 3.8) is 0 Å². The first kappa shape index (κ1) is 14.3. The van der Waals surface area contributed by atoms with Crippen LogP contribution in [0.2, 0.25) is 0 Å². The Kier molecular flexibility index (Phi) is 3.93. The molecule has 3 nitrogen and oxygen atoms in total. The highest BCUT2D eigenvalue weighted by Gasteiger charge is 2.18. The Morgan fingerprint density at radius 3 is 2.70 bits per heavy atom. The van der Waals surface area contributed by atoms with Crippen molar-refractivity contribution in [1.29, 1.82) is 0 Å². The second-order valence-electron chi connectivity index (χ2n) is 5.22. The van der Waals surface area contributed by atoms with Gasteiger partial charge in [-0.2, -0.15) is 0 Å². The van der Waals surface area contributed by atoms with Gasteiger partial charge in [-0.25, -0.2) is 9.37 Å². The minimum absolute atomic E-state index is 0.220. The maximum absolute atomic E-state index is 13.4. The first-order chi connectivity index (χ1) is 9.45. The number of imidazole rings is 1. The SMILES string of the molecule is C=CCn1c(C(C)C)nc(-c2ccc(F)c(C)c2)c1N. The molecule has 0 saturated carbocycles. The summed E-state index contributed by atoms with van der Waals surface area (Å²) in [5.74, 6) is 1.55. The Hall–Kier alpha value is -2.10. The van der Waals surface area contributed by atoms with Gasteiger partial charge in [-0.15, -0.1) is 6.58 Å². The van der Waals surface area contributed by atoms with Crippen molar-refractivity contribution in [1.82, 2.24) is 9.55 Å². The molecular weight excluding hydrogens is 253 g/mol. The molecule has 0 saturated heterocycles. The van der Waals surface area contributed by atoms with Gasteiger partial charge in [-0.05, 0) is 30.7 Å². The number of hydrogen-bond donors (Lipinski definition) is 1. The molecule has 20 heavy (non-hydrogen) atoms. The third-order valence-corrected chi connectivity index (χ3v) is 3.30. The van der Waals surface area contributed by atoms with Gasteiger partial charge in [0, 0.05) is 18.0 Å². The van der Waals surface area contributed by atoms with Crippen LogP contribution in [0.4, 0.5) is 10.2 Å². The number of hydrogen-bond acceptors (Lipinski definition) is 2. The van der Waals surface area contributed by atoms with Crippen molar-refractivity contribution < 1.29 is 4.39 Å². The largest absolute Gasteiger partial charge is 0.383 e. The van der Waals surface area contributed by atoms with Crippen LogP contribution < -0.4 is 5.73 Å². The Labute approximate surface area is 118 Å². The number of allylic oxidation sites excluding steroid dienone is 1. The molecule has 0 spiro atoms. The molecule has 2 aromatic rings. The van der Waals surface area contributed by atoms with E-state index >= 15 is 0 Å². The average molecular weight is 273 g/mol. The van der Waals surface area contributed by atoms with Crippen LogP contribution in [0, 0.1) is 12.7 Å². The molecule has 0 fully saturated rings. The van der Waals surface area contributed by atoms with Crippen LogP contribution in [0.25, 0.3) is 11.3 Å². The summed E-state index contributed by atoms with van der Waals surface area (Å²) < 4.78 is 15.3. The van der Waals surface area contributed by atoms with E-state index in [0.29, 0.717) is 23.6 Å². The number of nitrogens with two attached hydrogens (primary N) is 1. The fourth-order valence-electron chi connectivity index (χ4n) is 2.25. The third-order valence-electron chi connectivity index (χ3n) is 3.30. The molecule has 4 heteroatoms. The minimum atomic E-state index is -0.220. The van der Waals surface area contributed by atoms with Gasteiger partial charge < -0.3 is 10.3 Å². The summed E-state index contributed by atoms with van der Waals surface area (Å²) in [5, 5.41) is 0. The van der Waals surface area contributed by atoms with Gasteiger partial charge in [0.05, 0.1) is 0 Å². The van der Waals surface area contributed by atoms with E-state index in [1.807, 2.05) is 4.57 Å². The van der Waals surface area contributed by atoms with Gasteiger partial charge in [-0.1, -0.05) is 19.9 Å². The van der Waals surface area contributed by atoms with Gasteiger partial charge >= 0.3 is 0 Å². The van der Waals surface area contributed by atoms with Crippen LogP contribution in [-0.2, 0) is 6.54 Å². The molecule has 106 valence electrons. The number of halogens is 1. The van der Waals surface area contributed by atoms with E-state index in [1.165, 1.54) is 6.07 Å². The summed E-state index contributed by atoms with van der Waals surface area (Å²) in [4.78, 5) is 4.64. The van der Waals surface area contributed by atoms with Crippen LogP contribution in [0.3, 0.4) is 0 Å². The molecule has 1 aromatic heterocycles. The number of benzene rings is 1. The average Bonchev–Trinajstić information content (AvgIpc) is 2.72. The molecule has 0 aliphatic heterocycles. The molecule has 2 N–H and O–H groups in total. The number of aromatic nitrogens is 2. The van der Waals surface area contributed by atoms with E-state index in [4.69, 9.17) is 5.73 Å². The molecule has 2 rings (SSSR count). The smallest absolute Gasteiger partial charge is 0.132 e. The molecule has 0 aliphatic carbocycles. The highest BCUT2D eigenvalue weighted by molar-refractivity contribution is 5.71. The second-order valence-corrected chi connectivity index (χ2v) is 5.22. The van der Waals surface area contributed by atoms with Crippen molar-refractivity contribution in [2.24, 2.45) is 0 Å². The summed E-state index contributed by atoms with van der Waals surface area (Å²) in [6.07, 6.45) is 1.80. The summed E-state index contributed by atoms with van der Waals surface area (Å²) >= 11 is 0. The molecule has 0 aliphatic rings. The van der Waals surface area contributed by atoms with Gasteiger partial charge in [-0.3, -0.25) is 0 Å². The van der Waals surface area contributed by atoms with E-state index in [0.717, 1.165) is 11.4 Å². The van der Waals surface area contributed by atoms with Crippen molar-refractivity contribution in [2.75, 3.05) is 5.73 Å². The molecule has 0 radical (unpaired) electrons. The number of nitrogens with zero attached hydrogens (tertiary/aromatic N) is 2. The maximum Gasteiger partial charge on any atom is 0.132 e. The third kappa shape index (κ3) is 2.46. The molecule has 1 heterocycles. The molecule has 1 aromatic carbocycles. The topological polar surface area (TPSA) is 43.8 Å². The highest BCUT2D eigenvalue weighted by atomic mass is 19.1. The Balaban J connectivity index is 2.59. The standard InChI is InChI=1S/C16H20FN3/c1-5-8-20-15(18)14(19-16(20)10(2)3)12-6-7-13(17)11(4)9-12/h5-7,9-10H,1,8,18H2,2-4H3. The van der Waals surface area contributed by atoms with Crippen molar-refractivity contribution >= 4 is 5.82 Å². The first-order valence-corrected chi connectivity index (χ1v) is 6.69. The van der Waals surface area contributed by atoms with E-state index in [1.54, 1.807) is 25.1 Å². The maximum atomic E-state index is 13.4. The molecule has 0 bridgehead atoms. The van der Waals surface area contributed by atoms with Crippen LogP contribution in [0.1, 0.15) is 31.2 Å². The van der Waals surface area contributed by atoms with Gasteiger partial charge in [0.1, 0.15) is 23.2 Å². The monoisotopic (exact) mass is 273 g/mol. The predicted octanol–water partition coefficient (Wildman–Crippen LogP) is 3.89. The van der Waals surface area contributed by atoms with Crippen molar-refractivity contribution in [2.45, 2.75) is 33.2 Å². The fourth-order valence-corrected chi connectivity index (χ4v) is 2.25. The van der Waals surface area contributed by atoms with Crippen LogP contribution in [0.15, 0.2) is 30.9 Å². The fraction of sp³-hybridized carbons (Fsp3) is 0.312. The first-order valence-electron chi connectivity index (χ1n) is 6.69. The lowest BCUT2D eigenvalue weighted by molar-refractivity contribution is 0.619. The van der Waals surface area contributed by atoms with Crippen molar-refractivity contribution in [3.8, 4) is 11.3 Å². The lowest BCUT2D eigenvalue weighted by atomic mass is 10.1. The van der Waals surface area contributed by atoms with Gasteiger partial charge in [0.25, 0.3) is 0 Å². The molecule has 0 atom stereocenters. The highest BCUT2D eigenvalue weighted by Crippen LogP contribution is 2.30. The lowest BCUT2D eigenvalue weighted by Gasteiger charge is -2.09. The van der Waals surface area contributed by atoms with Crippen LogP contribution in [0.5, 0.6) is 0 Å². The van der Waals surface area contributed by atoms with Crippen LogP contribution in [-0.4, -0.2) is 9.55 Å². The lowest BCUT2D eigenvalue weighted by Crippen LogP contribution is -2.07. The predicted molar refractivity (Wildman–Crippen MR) is 81.1 cm³/mol. The summed E-state index contributed by atoms with van der Waals surface area (Å²) in [7, 11) is 0. The van der Waals surface area contributed by atoms with E-state index < -0.39 is 0 Å². The zero-order chi connectivity index (χ0) is 14.9. The van der Waals surface area contributed by atoms with Crippen molar-refractivity contribution in [3.05, 3.63) is 48.1 Å². The number of nitrogen functional groups attached to an aromatic ring is 1. The molecular formula is C16H20FN3. The summed E-state index contributed by atoms with van der Waals surface area (Å²) in [6.45, 7) is 10.2. The summed E-state index contributed by atoms with van der Waals surface area (Å²) in [6, 6.07) is 4.94. The number of anilines is 1. The molecule has 0 amide bonds. The van der Waals surface area contributed by atoms with E-state index in [9.17, 15) is 4.39 Å². The second kappa shape index (κ2) is 5.49. The Morgan fingerprint density at radius 2 is 2.15 bits per heavy atom. The van der Waals surface area contributed by atoms with Gasteiger partial charge in [0.2, 0.25) is 0 Å². The molecule has 0 unspecified atom stereocenters. The zero-order valence-electron chi connectivity index (χ0n) is 12.2. The summed E-state index contributed by atoms with van der Waals surface area (Å²) in [5.41, 5.74) is 8.34. The normalized spacial score (nSPS) is 11.1. The quantitative estimate of drug-likeness (QED) is 0.859. The minimum Gasteiger partial charge on any atom is -0.383 e. The zero-order valence-corrected chi connectivity index (χ0v) is 12.2. The Morgan fingerprint density at radius 1 is 1.45 bits per heavy atom. The van der Waals surface area contributed by atoms with E-state index in [2.05, 4.69) is 25.4 Å². The number of aryl methyl sites for hydroxylation is 1.